The third-order valence-corrected chi connectivity index (χ3v) is 4.01. The SMILES string of the molecule is C=C(CCCCCCCCCCc1ccccc1)C(=O)OC. The third kappa shape index (κ3) is 8.66. The summed E-state index contributed by atoms with van der Waals surface area (Å²) in [5, 5.41) is 0. The lowest BCUT2D eigenvalue weighted by atomic mass is 10.0. The van der Waals surface area contributed by atoms with Crippen LogP contribution < -0.4 is 0 Å². The largest absolute Gasteiger partial charge is 0.466 e. The van der Waals surface area contributed by atoms with Crippen LogP contribution in [0, 0.1) is 0 Å². The zero-order valence-corrected chi connectivity index (χ0v) is 14.0. The van der Waals surface area contributed by atoms with Crippen LogP contribution in [-0.4, -0.2) is 13.1 Å². The second-order valence-corrected chi connectivity index (χ2v) is 5.91. The highest BCUT2D eigenvalue weighted by molar-refractivity contribution is 5.87. The summed E-state index contributed by atoms with van der Waals surface area (Å²) in [6.45, 7) is 3.74. The van der Waals surface area contributed by atoms with Gasteiger partial charge in [-0.1, -0.05) is 75.4 Å². The molecule has 0 atom stereocenters. The first kappa shape index (κ1) is 18.5. The molecule has 0 aliphatic carbocycles. The molecule has 1 rings (SSSR count). The molecule has 1 aromatic rings. The van der Waals surface area contributed by atoms with Crippen molar-refractivity contribution < 1.29 is 9.53 Å². The number of ether oxygens (including phenoxy) is 1. The maximum atomic E-state index is 11.2. The van der Waals surface area contributed by atoms with E-state index >= 15 is 0 Å². The van der Waals surface area contributed by atoms with Crippen LogP contribution in [-0.2, 0) is 16.0 Å². The molecule has 0 amide bonds. The molecule has 122 valence electrons. The van der Waals surface area contributed by atoms with Gasteiger partial charge in [0.25, 0.3) is 0 Å². The molecule has 0 spiro atoms. The number of hydrogen-bond donors (Lipinski definition) is 0. The van der Waals surface area contributed by atoms with Crippen molar-refractivity contribution >= 4 is 5.97 Å². The lowest BCUT2D eigenvalue weighted by Gasteiger charge is -2.04. The molecule has 0 bridgehead atoms. The Morgan fingerprint density at radius 3 is 2.05 bits per heavy atom. The van der Waals surface area contributed by atoms with Crippen LogP contribution in [0.4, 0.5) is 0 Å². The fourth-order valence-corrected chi connectivity index (χ4v) is 2.62. The number of hydrogen-bond acceptors (Lipinski definition) is 2. The van der Waals surface area contributed by atoms with Crippen molar-refractivity contribution in [1.82, 2.24) is 0 Å². The monoisotopic (exact) mass is 302 g/mol. The smallest absolute Gasteiger partial charge is 0.333 e. The average Bonchev–Trinajstić information content (AvgIpc) is 2.56. The Bertz CT molecular complexity index is 423. The molecule has 0 saturated heterocycles. The number of esters is 1. The van der Waals surface area contributed by atoms with Gasteiger partial charge in [-0.25, -0.2) is 4.79 Å². The molecule has 0 fully saturated rings. The molecule has 0 aliphatic rings. The number of carbonyl (C=O) groups is 1. The van der Waals surface area contributed by atoms with Crippen molar-refractivity contribution in [3.05, 3.63) is 48.0 Å². The topological polar surface area (TPSA) is 26.3 Å². The van der Waals surface area contributed by atoms with Gasteiger partial charge in [0.05, 0.1) is 7.11 Å². The van der Waals surface area contributed by atoms with Gasteiger partial charge in [0.15, 0.2) is 0 Å². The summed E-state index contributed by atoms with van der Waals surface area (Å²) in [5.41, 5.74) is 2.05. The van der Waals surface area contributed by atoms with E-state index in [9.17, 15) is 4.79 Å². The number of methoxy groups -OCH3 is 1. The Hall–Kier alpha value is -1.57. The van der Waals surface area contributed by atoms with E-state index in [1.54, 1.807) is 0 Å². The molecule has 2 heteroatoms. The summed E-state index contributed by atoms with van der Waals surface area (Å²) in [6, 6.07) is 10.7. The van der Waals surface area contributed by atoms with E-state index in [1.807, 2.05) is 0 Å². The van der Waals surface area contributed by atoms with Gasteiger partial charge in [-0.15, -0.1) is 0 Å². The highest BCUT2D eigenvalue weighted by Crippen LogP contribution is 2.13. The normalized spacial score (nSPS) is 10.4. The number of carbonyl (C=O) groups excluding carboxylic acids is 1. The highest BCUT2D eigenvalue weighted by Gasteiger charge is 2.05. The second kappa shape index (κ2) is 12.0. The van der Waals surface area contributed by atoms with E-state index in [0.29, 0.717) is 5.57 Å². The fraction of sp³-hybridized carbons (Fsp3) is 0.550. The number of aryl methyl sites for hydroxylation is 1. The minimum Gasteiger partial charge on any atom is -0.466 e. The zero-order valence-electron chi connectivity index (χ0n) is 14.0. The molecule has 2 nitrogen and oxygen atoms in total. The van der Waals surface area contributed by atoms with E-state index in [4.69, 9.17) is 0 Å². The summed E-state index contributed by atoms with van der Waals surface area (Å²) in [4.78, 5) is 11.2. The van der Waals surface area contributed by atoms with Crippen molar-refractivity contribution in [3.63, 3.8) is 0 Å². The van der Waals surface area contributed by atoms with Gasteiger partial charge in [-0.2, -0.15) is 0 Å². The molecule has 0 unspecified atom stereocenters. The summed E-state index contributed by atoms with van der Waals surface area (Å²) in [6.07, 6.45) is 12.0. The Morgan fingerprint density at radius 2 is 1.45 bits per heavy atom. The zero-order chi connectivity index (χ0) is 16.0. The van der Waals surface area contributed by atoms with E-state index in [0.717, 1.165) is 12.8 Å². The summed E-state index contributed by atoms with van der Waals surface area (Å²) in [5.74, 6) is -0.265. The van der Waals surface area contributed by atoms with E-state index < -0.39 is 0 Å². The molecule has 0 heterocycles. The minimum atomic E-state index is -0.265. The van der Waals surface area contributed by atoms with Crippen LogP contribution in [0.15, 0.2) is 42.5 Å². The summed E-state index contributed by atoms with van der Waals surface area (Å²) >= 11 is 0. The van der Waals surface area contributed by atoms with Crippen molar-refractivity contribution in [2.24, 2.45) is 0 Å². The quantitative estimate of drug-likeness (QED) is 0.291. The van der Waals surface area contributed by atoms with Gasteiger partial charge in [0.1, 0.15) is 0 Å². The second-order valence-electron chi connectivity index (χ2n) is 5.91. The Labute approximate surface area is 135 Å². The van der Waals surface area contributed by atoms with Crippen LogP contribution in [0.25, 0.3) is 0 Å². The van der Waals surface area contributed by atoms with E-state index in [-0.39, 0.29) is 5.97 Å². The Morgan fingerprint density at radius 1 is 0.909 bits per heavy atom. The van der Waals surface area contributed by atoms with Gasteiger partial charge in [0.2, 0.25) is 0 Å². The molecule has 0 aromatic heterocycles. The molecule has 0 saturated carbocycles. The molecule has 22 heavy (non-hydrogen) atoms. The lowest BCUT2D eigenvalue weighted by molar-refractivity contribution is -0.136. The van der Waals surface area contributed by atoms with Gasteiger partial charge in [-0.05, 0) is 31.2 Å². The van der Waals surface area contributed by atoms with Gasteiger partial charge < -0.3 is 4.74 Å². The van der Waals surface area contributed by atoms with Gasteiger partial charge in [0, 0.05) is 5.57 Å². The first-order valence-corrected chi connectivity index (χ1v) is 8.54. The molecule has 1 aromatic carbocycles. The van der Waals surface area contributed by atoms with E-state index in [2.05, 4.69) is 41.6 Å². The van der Waals surface area contributed by atoms with Gasteiger partial charge >= 0.3 is 5.97 Å². The van der Waals surface area contributed by atoms with Crippen LogP contribution in [0.5, 0.6) is 0 Å². The summed E-state index contributed by atoms with van der Waals surface area (Å²) in [7, 11) is 1.41. The van der Waals surface area contributed by atoms with Gasteiger partial charge in [-0.3, -0.25) is 0 Å². The van der Waals surface area contributed by atoms with Crippen LogP contribution in [0.1, 0.15) is 63.4 Å². The predicted octanol–water partition coefficient (Wildman–Crippen LogP) is 5.47. The van der Waals surface area contributed by atoms with Crippen molar-refractivity contribution in [3.8, 4) is 0 Å². The third-order valence-electron chi connectivity index (χ3n) is 4.01. The van der Waals surface area contributed by atoms with Crippen molar-refractivity contribution in [1.29, 1.82) is 0 Å². The Balaban J connectivity index is 1.86. The van der Waals surface area contributed by atoms with Crippen LogP contribution in [0.2, 0.25) is 0 Å². The summed E-state index contributed by atoms with van der Waals surface area (Å²) < 4.78 is 4.64. The predicted molar refractivity (Wildman–Crippen MR) is 92.9 cm³/mol. The number of unbranched alkanes of at least 4 members (excludes halogenated alkanes) is 7. The Kier molecular flexibility index (Phi) is 10.1. The first-order chi connectivity index (χ1) is 10.7. The highest BCUT2D eigenvalue weighted by atomic mass is 16.5. The molecular formula is C20H30O2. The van der Waals surface area contributed by atoms with Crippen molar-refractivity contribution in [2.75, 3.05) is 7.11 Å². The maximum Gasteiger partial charge on any atom is 0.333 e. The fourth-order valence-electron chi connectivity index (χ4n) is 2.62. The number of rotatable bonds is 12. The average molecular weight is 302 g/mol. The molecule has 0 radical (unpaired) electrons. The molecule has 0 N–H and O–H groups in total. The molecule has 0 aliphatic heterocycles. The van der Waals surface area contributed by atoms with Crippen LogP contribution in [0.3, 0.4) is 0 Å². The minimum absolute atomic E-state index is 0.265. The molecular weight excluding hydrogens is 272 g/mol. The number of benzene rings is 1. The standard InChI is InChI=1S/C20H30O2/c1-18(20(21)22-2)14-10-7-5-3-4-6-8-11-15-19-16-12-9-13-17-19/h9,12-13,16-17H,1,3-8,10-11,14-15H2,2H3. The van der Waals surface area contributed by atoms with Crippen LogP contribution >= 0.6 is 0 Å². The van der Waals surface area contributed by atoms with E-state index in [1.165, 1.54) is 64.0 Å². The maximum absolute atomic E-state index is 11.2. The first-order valence-electron chi connectivity index (χ1n) is 8.54. The van der Waals surface area contributed by atoms with Crippen molar-refractivity contribution in [2.45, 2.75) is 64.2 Å². The lowest BCUT2D eigenvalue weighted by Crippen LogP contribution is -2.03.